The average molecular weight is 309 g/mol. The minimum atomic E-state index is -0.600. The molecule has 0 aromatic heterocycles. The highest BCUT2D eigenvalue weighted by Crippen LogP contribution is 2.18. The minimum absolute atomic E-state index is 0.165. The zero-order chi connectivity index (χ0) is 16.8. The molecular formula is C19H19NO3. The number of anilines is 1. The van der Waals surface area contributed by atoms with Crippen molar-refractivity contribution in [3.8, 4) is 0 Å². The number of carbonyl (C=O) groups is 3. The second-order valence-electron chi connectivity index (χ2n) is 5.25. The summed E-state index contributed by atoms with van der Waals surface area (Å²) in [5.41, 5.74) is 1.13. The first-order chi connectivity index (χ1) is 11.1. The van der Waals surface area contributed by atoms with E-state index in [1.165, 1.54) is 11.0 Å². The lowest BCUT2D eigenvalue weighted by atomic mass is 9.98. The van der Waals surface area contributed by atoms with Gasteiger partial charge in [-0.05, 0) is 24.6 Å². The van der Waals surface area contributed by atoms with Gasteiger partial charge in [0, 0.05) is 24.7 Å². The molecule has 2 aromatic carbocycles. The van der Waals surface area contributed by atoms with Crippen molar-refractivity contribution in [3.63, 3.8) is 0 Å². The Hall–Kier alpha value is -2.75. The molecule has 0 radical (unpaired) electrons. The van der Waals surface area contributed by atoms with Crippen LogP contribution in [0.15, 0.2) is 54.6 Å². The number of hydrogen-bond acceptors (Lipinski definition) is 3. The van der Waals surface area contributed by atoms with Crippen molar-refractivity contribution in [1.29, 1.82) is 0 Å². The van der Waals surface area contributed by atoms with Crippen LogP contribution >= 0.6 is 0 Å². The van der Waals surface area contributed by atoms with E-state index in [-0.39, 0.29) is 23.5 Å². The van der Waals surface area contributed by atoms with E-state index in [1.807, 2.05) is 37.3 Å². The van der Waals surface area contributed by atoms with Crippen LogP contribution in [-0.4, -0.2) is 24.5 Å². The van der Waals surface area contributed by atoms with E-state index in [9.17, 15) is 14.4 Å². The van der Waals surface area contributed by atoms with Crippen LogP contribution in [0.5, 0.6) is 0 Å². The topological polar surface area (TPSA) is 54.5 Å². The highest BCUT2D eigenvalue weighted by Gasteiger charge is 2.23. The molecule has 0 heterocycles. The van der Waals surface area contributed by atoms with Crippen LogP contribution in [0, 0.1) is 0 Å². The molecular weight excluding hydrogens is 290 g/mol. The van der Waals surface area contributed by atoms with Gasteiger partial charge < -0.3 is 4.90 Å². The third-order valence-electron chi connectivity index (χ3n) is 3.58. The number of carbonyl (C=O) groups excluding carboxylic acids is 3. The van der Waals surface area contributed by atoms with Crippen LogP contribution in [0.1, 0.15) is 40.5 Å². The molecule has 2 rings (SSSR count). The van der Waals surface area contributed by atoms with E-state index < -0.39 is 11.6 Å². The fourth-order valence-corrected chi connectivity index (χ4v) is 2.31. The molecule has 4 nitrogen and oxygen atoms in total. The summed E-state index contributed by atoms with van der Waals surface area (Å²) in [5.74, 6) is -1.38. The number of benzene rings is 2. The van der Waals surface area contributed by atoms with Gasteiger partial charge in [-0.15, -0.1) is 0 Å². The highest BCUT2D eigenvalue weighted by molar-refractivity contribution is 6.45. The summed E-state index contributed by atoms with van der Waals surface area (Å²) in [6.07, 6.45) is 0.792. The standard InChI is InChI=1S/C19H19NO3/c1-3-9-17(21)18(22)15-12-7-8-13-16(15)19(23)20(2)14-10-5-4-6-11-14/h4-8,10-13H,3,9H2,1-2H3. The molecule has 0 bridgehead atoms. The van der Waals surface area contributed by atoms with E-state index in [0.29, 0.717) is 6.42 Å². The van der Waals surface area contributed by atoms with E-state index in [1.54, 1.807) is 25.2 Å². The Morgan fingerprint density at radius 3 is 2.04 bits per heavy atom. The Morgan fingerprint density at radius 2 is 1.43 bits per heavy atom. The molecule has 0 spiro atoms. The molecule has 0 aliphatic heterocycles. The molecule has 0 aliphatic rings. The molecule has 4 heteroatoms. The first-order valence-electron chi connectivity index (χ1n) is 7.56. The summed E-state index contributed by atoms with van der Waals surface area (Å²) in [6, 6.07) is 15.6. The van der Waals surface area contributed by atoms with Gasteiger partial charge in [-0.1, -0.05) is 43.3 Å². The fraction of sp³-hybridized carbons (Fsp3) is 0.211. The highest BCUT2D eigenvalue weighted by atomic mass is 16.2. The molecule has 0 unspecified atom stereocenters. The Labute approximate surface area is 135 Å². The molecule has 0 saturated heterocycles. The van der Waals surface area contributed by atoms with Crippen molar-refractivity contribution >= 4 is 23.2 Å². The van der Waals surface area contributed by atoms with Crippen LogP contribution in [0.2, 0.25) is 0 Å². The largest absolute Gasteiger partial charge is 0.311 e. The molecule has 0 aliphatic carbocycles. The summed E-state index contributed by atoms with van der Waals surface area (Å²) in [6.45, 7) is 1.84. The van der Waals surface area contributed by atoms with Gasteiger partial charge in [-0.2, -0.15) is 0 Å². The fourth-order valence-electron chi connectivity index (χ4n) is 2.31. The summed E-state index contributed by atoms with van der Waals surface area (Å²) < 4.78 is 0. The van der Waals surface area contributed by atoms with Crippen molar-refractivity contribution < 1.29 is 14.4 Å². The quantitative estimate of drug-likeness (QED) is 0.606. The Morgan fingerprint density at radius 1 is 0.870 bits per heavy atom. The average Bonchev–Trinajstić information content (AvgIpc) is 2.60. The van der Waals surface area contributed by atoms with Crippen LogP contribution in [0.4, 0.5) is 5.69 Å². The number of rotatable bonds is 6. The van der Waals surface area contributed by atoms with E-state index >= 15 is 0 Å². The maximum Gasteiger partial charge on any atom is 0.258 e. The lowest BCUT2D eigenvalue weighted by Crippen LogP contribution is -2.29. The van der Waals surface area contributed by atoms with Crippen molar-refractivity contribution in [3.05, 3.63) is 65.7 Å². The summed E-state index contributed by atoms with van der Waals surface area (Å²) in [7, 11) is 1.65. The van der Waals surface area contributed by atoms with E-state index in [4.69, 9.17) is 0 Å². The first-order valence-corrected chi connectivity index (χ1v) is 7.56. The van der Waals surface area contributed by atoms with Gasteiger partial charge in [0.05, 0.1) is 5.56 Å². The van der Waals surface area contributed by atoms with Crippen LogP contribution in [-0.2, 0) is 4.79 Å². The van der Waals surface area contributed by atoms with Gasteiger partial charge >= 0.3 is 0 Å². The monoisotopic (exact) mass is 309 g/mol. The zero-order valence-corrected chi connectivity index (χ0v) is 13.3. The van der Waals surface area contributed by atoms with Crippen LogP contribution in [0.3, 0.4) is 0 Å². The number of para-hydroxylation sites is 1. The second kappa shape index (κ2) is 7.49. The van der Waals surface area contributed by atoms with Gasteiger partial charge in [-0.25, -0.2) is 0 Å². The van der Waals surface area contributed by atoms with E-state index in [0.717, 1.165) is 5.69 Å². The van der Waals surface area contributed by atoms with Gasteiger partial charge in [0.15, 0.2) is 0 Å². The second-order valence-corrected chi connectivity index (χ2v) is 5.25. The van der Waals surface area contributed by atoms with Gasteiger partial charge in [0.25, 0.3) is 5.91 Å². The van der Waals surface area contributed by atoms with Crippen molar-refractivity contribution in [1.82, 2.24) is 0 Å². The van der Waals surface area contributed by atoms with Crippen molar-refractivity contribution in [2.75, 3.05) is 11.9 Å². The molecule has 2 aromatic rings. The minimum Gasteiger partial charge on any atom is -0.311 e. The normalized spacial score (nSPS) is 10.2. The first kappa shape index (κ1) is 16.6. The third kappa shape index (κ3) is 3.72. The molecule has 0 atom stereocenters. The van der Waals surface area contributed by atoms with Crippen molar-refractivity contribution in [2.45, 2.75) is 19.8 Å². The summed E-state index contributed by atoms with van der Waals surface area (Å²) >= 11 is 0. The predicted octanol–water partition coefficient (Wildman–Crippen LogP) is 3.52. The van der Waals surface area contributed by atoms with Crippen LogP contribution < -0.4 is 4.90 Å². The lowest BCUT2D eigenvalue weighted by Gasteiger charge is -2.18. The number of amides is 1. The SMILES string of the molecule is CCCC(=O)C(=O)c1ccccc1C(=O)N(C)c1ccccc1. The van der Waals surface area contributed by atoms with Crippen LogP contribution in [0.25, 0.3) is 0 Å². The molecule has 1 amide bonds. The lowest BCUT2D eigenvalue weighted by molar-refractivity contribution is -0.115. The third-order valence-corrected chi connectivity index (χ3v) is 3.58. The Balaban J connectivity index is 2.35. The Kier molecular flexibility index (Phi) is 5.41. The number of Topliss-reactive ketones (excluding diaryl/α,β-unsaturated/α-hetero) is 2. The summed E-state index contributed by atoms with van der Waals surface area (Å²) in [4.78, 5) is 38.4. The van der Waals surface area contributed by atoms with Gasteiger partial charge in [0.2, 0.25) is 11.6 Å². The number of nitrogens with zero attached hydrogens (tertiary/aromatic N) is 1. The van der Waals surface area contributed by atoms with Crippen molar-refractivity contribution in [2.24, 2.45) is 0 Å². The predicted molar refractivity (Wildman–Crippen MR) is 89.9 cm³/mol. The summed E-state index contributed by atoms with van der Waals surface area (Å²) in [5, 5.41) is 0. The molecule has 0 N–H and O–H groups in total. The maximum absolute atomic E-state index is 12.7. The van der Waals surface area contributed by atoms with Gasteiger partial charge in [-0.3, -0.25) is 14.4 Å². The molecule has 23 heavy (non-hydrogen) atoms. The van der Waals surface area contributed by atoms with E-state index in [2.05, 4.69) is 0 Å². The van der Waals surface area contributed by atoms with Gasteiger partial charge in [0.1, 0.15) is 0 Å². The molecule has 0 fully saturated rings. The maximum atomic E-state index is 12.7. The smallest absolute Gasteiger partial charge is 0.258 e. The number of ketones is 2. The Bertz CT molecular complexity index is 722. The molecule has 118 valence electrons. The molecule has 0 saturated carbocycles. The zero-order valence-electron chi connectivity index (χ0n) is 13.3. The number of hydrogen-bond donors (Lipinski definition) is 0.